The largest absolute Gasteiger partial charge is 0.481 e. The van der Waals surface area contributed by atoms with Gasteiger partial charge in [0, 0.05) is 25.4 Å². The quantitative estimate of drug-likeness (QED) is 0.321. The topological polar surface area (TPSA) is 94.8 Å². The van der Waals surface area contributed by atoms with Crippen molar-refractivity contribution >= 4 is 11.8 Å². The number of Topliss-reactive ketones (excluding diaryl/α,β-unsaturated/α-hetero) is 1. The Kier molecular flexibility index (Phi) is 11.5. The molecule has 0 amide bonds. The molecule has 0 aromatic rings. The van der Waals surface area contributed by atoms with Crippen LogP contribution in [-0.2, 0) is 9.59 Å². The number of unbranched alkanes of at least 4 members (excludes halogenated alkanes) is 4. The third-order valence-corrected chi connectivity index (χ3v) is 5.52. The number of aliphatic carboxylic acids is 1. The highest BCUT2D eigenvalue weighted by Crippen LogP contribution is 2.34. The Morgan fingerprint density at radius 3 is 2.62 bits per heavy atom. The summed E-state index contributed by atoms with van der Waals surface area (Å²) >= 11 is 0. The summed E-state index contributed by atoms with van der Waals surface area (Å²) < 4.78 is 0. The minimum absolute atomic E-state index is 0.0580. The molecule has 0 saturated heterocycles. The molecule has 1 aliphatic carbocycles. The van der Waals surface area contributed by atoms with Gasteiger partial charge in [-0.2, -0.15) is 0 Å². The van der Waals surface area contributed by atoms with E-state index in [9.17, 15) is 14.7 Å². The molecular weight excluding hydrogens is 332 g/mol. The fraction of sp³-hybridized carbons (Fsp3) is 0.810. The smallest absolute Gasteiger partial charge is 0.303 e. The van der Waals surface area contributed by atoms with Gasteiger partial charge in [0.05, 0.1) is 6.10 Å². The molecule has 4 unspecified atom stereocenters. The van der Waals surface area contributed by atoms with Crippen molar-refractivity contribution in [2.45, 2.75) is 83.7 Å². The summed E-state index contributed by atoms with van der Waals surface area (Å²) in [6, 6.07) is 0. The second kappa shape index (κ2) is 13.0. The number of hydrogen-bond donors (Lipinski definition) is 3. The number of carboxylic acids is 1. The number of carbonyl (C=O) groups is 2. The van der Waals surface area contributed by atoms with Crippen LogP contribution in [0, 0.1) is 17.8 Å². The molecule has 3 N–H and O–H groups in total. The minimum atomic E-state index is -0.745. The van der Waals surface area contributed by atoms with Gasteiger partial charge in [0.15, 0.2) is 0 Å². The van der Waals surface area contributed by atoms with Crippen LogP contribution >= 0.6 is 0 Å². The molecule has 26 heavy (non-hydrogen) atoms. The molecule has 1 saturated carbocycles. The Morgan fingerprint density at radius 1 is 1.19 bits per heavy atom. The number of ketones is 1. The van der Waals surface area contributed by atoms with E-state index in [1.54, 1.807) is 0 Å². The first kappa shape index (κ1) is 22.8. The van der Waals surface area contributed by atoms with Crippen molar-refractivity contribution in [3.63, 3.8) is 0 Å². The van der Waals surface area contributed by atoms with Crippen LogP contribution in [0.4, 0.5) is 0 Å². The number of carboxylic acid groups (broad SMARTS) is 1. The van der Waals surface area contributed by atoms with Crippen molar-refractivity contribution in [3.05, 3.63) is 12.2 Å². The predicted octanol–water partition coefficient (Wildman–Crippen LogP) is 3.72. The van der Waals surface area contributed by atoms with E-state index in [0.717, 1.165) is 51.4 Å². The van der Waals surface area contributed by atoms with Crippen LogP contribution in [0.2, 0.25) is 0 Å². The maximum absolute atomic E-state index is 12.1. The molecule has 4 atom stereocenters. The van der Waals surface area contributed by atoms with Crippen LogP contribution in [0.1, 0.15) is 77.6 Å². The minimum Gasteiger partial charge on any atom is -0.481 e. The number of rotatable bonds is 14. The lowest BCUT2D eigenvalue weighted by atomic mass is 9.88. The summed E-state index contributed by atoms with van der Waals surface area (Å²) in [5.41, 5.74) is 0. The second-order valence-corrected chi connectivity index (χ2v) is 7.69. The molecule has 0 heterocycles. The molecule has 0 radical (unpaired) electrons. The lowest BCUT2D eigenvalue weighted by Crippen LogP contribution is -2.17. The van der Waals surface area contributed by atoms with Gasteiger partial charge in [-0.05, 0) is 43.9 Å². The fourth-order valence-electron chi connectivity index (χ4n) is 3.73. The van der Waals surface area contributed by atoms with Crippen molar-refractivity contribution in [3.8, 4) is 0 Å². The molecule has 1 aliphatic rings. The number of allylic oxidation sites excluding steroid dienone is 1. The van der Waals surface area contributed by atoms with E-state index >= 15 is 0 Å². The molecule has 150 valence electrons. The zero-order valence-electron chi connectivity index (χ0n) is 16.1. The highest BCUT2D eigenvalue weighted by molar-refractivity contribution is 5.83. The van der Waals surface area contributed by atoms with Gasteiger partial charge in [0.2, 0.25) is 0 Å². The highest BCUT2D eigenvalue weighted by Gasteiger charge is 2.32. The van der Waals surface area contributed by atoms with E-state index in [1.807, 2.05) is 19.1 Å². The first-order valence-corrected chi connectivity index (χ1v) is 10.2. The van der Waals surface area contributed by atoms with E-state index in [-0.39, 0.29) is 30.8 Å². The van der Waals surface area contributed by atoms with Crippen LogP contribution in [0.25, 0.3) is 0 Å². The van der Waals surface area contributed by atoms with Crippen LogP contribution in [0.3, 0.4) is 0 Å². The Balaban J connectivity index is 2.35. The van der Waals surface area contributed by atoms with E-state index in [1.165, 1.54) is 0 Å². The third-order valence-electron chi connectivity index (χ3n) is 5.52. The second-order valence-electron chi connectivity index (χ2n) is 7.69. The molecule has 0 aromatic heterocycles. The Labute approximate surface area is 157 Å². The van der Waals surface area contributed by atoms with Crippen LogP contribution in [0.15, 0.2) is 12.2 Å². The summed E-state index contributed by atoms with van der Waals surface area (Å²) in [6.07, 6.45) is 12.1. The summed E-state index contributed by atoms with van der Waals surface area (Å²) in [5, 5.41) is 27.7. The molecule has 5 heteroatoms. The van der Waals surface area contributed by atoms with Crippen molar-refractivity contribution in [1.82, 2.24) is 0 Å². The van der Waals surface area contributed by atoms with Gasteiger partial charge in [0.1, 0.15) is 5.78 Å². The van der Waals surface area contributed by atoms with Crippen LogP contribution < -0.4 is 0 Å². The predicted molar refractivity (Wildman–Crippen MR) is 102 cm³/mol. The summed E-state index contributed by atoms with van der Waals surface area (Å²) in [5.74, 6) is 0.0204. The van der Waals surface area contributed by atoms with E-state index in [2.05, 4.69) is 0 Å². The molecule has 1 fully saturated rings. The van der Waals surface area contributed by atoms with Gasteiger partial charge in [-0.1, -0.05) is 44.8 Å². The molecule has 0 bridgehead atoms. The number of hydrogen-bond acceptors (Lipinski definition) is 4. The third kappa shape index (κ3) is 8.95. The lowest BCUT2D eigenvalue weighted by Gasteiger charge is -2.18. The normalized spacial score (nSPS) is 22.8. The van der Waals surface area contributed by atoms with Gasteiger partial charge in [-0.15, -0.1) is 0 Å². The number of aliphatic hydroxyl groups is 2. The van der Waals surface area contributed by atoms with Crippen LogP contribution in [0.5, 0.6) is 0 Å². The highest BCUT2D eigenvalue weighted by atomic mass is 16.4. The standard InChI is InChI=1S/C21H36O5/c1-16(8-6-7-15-22)19(23)13-11-17-12-14-20(24)18(17)9-4-2-3-5-10-21(25)26/h11,13,16-19,22-23H,2-10,12,14-15H2,1H3,(H,25,26). The van der Waals surface area contributed by atoms with Gasteiger partial charge in [0.25, 0.3) is 0 Å². The van der Waals surface area contributed by atoms with Crippen molar-refractivity contribution < 1.29 is 24.9 Å². The first-order chi connectivity index (χ1) is 12.5. The van der Waals surface area contributed by atoms with Crippen molar-refractivity contribution in [1.29, 1.82) is 0 Å². The van der Waals surface area contributed by atoms with E-state index in [4.69, 9.17) is 10.2 Å². The molecule has 5 nitrogen and oxygen atoms in total. The average Bonchev–Trinajstić information content (AvgIpc) is 2.95. The van der Waals surface area contributed by atoms with Gasteiger partial charge in [-0.25, -0.2) is 0 Å². The average molecular weight is 369 g/mol. The molecule has 0 aliphatic heterocycles. The maximum Gasteiger partial charge on any atom is 0.303 e. The lowest BCUT2D eigenvalue weighted by molar-refractivity contribution is -0.137. The number of carbonyl (C=O) groups excluding carboxylic acids is 1. The monoisotopic (exact) mass is 368 g/mol. The fourth-order valence-corrected chi connectivity index (χ4v) is 3.73. The van der Waals surface area contributed by atoms with Crippen LogP contribution in [-0.4, -0.2) is 39.8 Å². The summed E-state index contributed by atoms with van der Waals surface area (Å²) in [6.45, 7) is 2.21. The maximum atomic E-state index is 12.1. The summed E-state index contributed by atoms with van der Waals surface area (Å²) in [4.78, 5) is 22.6. The Bertz CT molecular complexity index is 446. The van der Waals surface area contributed by atoms with Crippen molar-refractivity contribution in [2.75, 3.05) is 6.61 Å². The van der Waals surface area contributed by atoms with E-state index < -0.39 is 12.1 Å². The SMILES string of the molecule is CC(CCCCO)C(O)C=CC1CCC(=O)C1CCCCCCC(=O)O. The van der Waals surface area contributed by atoms with E-state index in [0.29, 0.717) is 18.6 Å². The zero-order chi connectivity index (χ0) is 19.4. The molecule has 0 spiro atoms. The number of aliphatic hydroxyl groups excluding tert-OH is 2. The van der Waals surface area contributed by atoms with Gasteiger partial charge >= 0.3 is 5.97 Å². The first-order valence-electron chi connectivity index (χ1n) is 10.2. The molecular formula is C21H36O5. The Hall–Kier alpha value is -1.20. The Morgan fingerprint density at radius 2 is 1.92 bits per heavy atom. The molecule has 1 rings (SSSR count). The van der Waals surface area contributed by atoms with Gasteiger partial charge < -0.3 is 15.3 Å². The summed E-state index contributed by atoms with van der Waals surface area (Å²) in [7, 11) is 0. The van der Waals surface area contributed by atoms with Gasteiger partial charge in [-0.3, -0.25) is 9.59 Å². The van der Waals surface area contributed by atoms with Crippen molar-refractivity contribution in [2.24, 2.45) is 17.8 Å². The zero-order valence-corrected chi connectivity index (χ0v) is 16.1. The molecule has 0 aromatic carbocycles.